The number of rotatable bonds is 11. The highest BCUT2D eigenvalue weighted by Crippen LogP contribution is 2.27. The largest absolute Gasteiger partial charge is 0.493 e. The van der Waals surface area contributed by atoms with E-state index in [4.69, 9.17) is 9.47 Å². The van der Waals surface area contributed by atoms with E-state index in [1.165, 1.54) is 18.5 Å². The summed E-state index contributed by atoms with van der Waals surface area (Å²) in [6, 6.07) is 8.89. The third-order valence-electron chi connectivity index (χ3n) is 4.12. The molecule has 164 valence electrons. The average Bonchev–Trinajstić information content (AvgIpc) is 2.77. The number of sulfonamides is 1. The van der Waals surface area contributed by atoms with Gasteiger partial charge in [0.25, 0.3) is 0 Å². The van der Waals surface area contributed by atoms with Gasteiger partial charge < -0.3 is 20.1 Å². The van der Waals surface area contributed by atoms with Crippen LogP contribution in [0.1, 0.15) is 12.5 Å². The minimum absolute atomic E-state index is 0.133. The molecular formula is C20H29N5O4S. The first-order valence-corrected chi connectivity index (χ1v) is 11.1. The molecule has 0 atom stereocenters. The summed E-state index contributed by atoms with van der Waals surface area (Å²) < 4.78 is 37.5. The van der Waals surface area contributed by atoms with E-state index in [0.717, 1.165) is 12.0 Å². The lowest BCUT2D eigenvalue weighted by molar-refractivity contribution is 0.354. The Bertz CT molecular complexity index is 920. The smallest absolute Gasteiger partial charge is 0.242 e. The molecule has 9 nitrogen and oxygen atoms in total. The van der Waals surface area contributed by atoms with E-state index in [2.05, 4.69) is 25.3 Å². The number of ether oxygens (including phenoxy) is 2. The predicted molar refractivity (Wildman–Crippen MR) is 117 cm³/mol. The van der Waals surface area contributed by atoms with Crippen LogP contribution in [0.4, 0.5) is 0 Å². The molecule has 0 saturated heterocycles. The van der Waals surface area contributed by atoms with Gasteiger partial charge in [0, 0.05) is 32.0 Å². The first kappa shape index (κ1) is 23.4. The minimum Gasteiger partial charge on any atom is -0.493 e. The molecule has 2 rings (SSSR count). The van der Waals surface area contributed by atoms with E-state index in [9.17, 15) is 8.42 Å². The van der Waals surface area contributed by atoms with Crippen molar-refractivity contribution >= 4 is 16.0 Å². The summed E-state index contributed by atoms with van der Waals surface area (Å²) in [5.74, 6) is 2.01. The summed E-state index contributed by atoms with van der Waals surface area (Å²) in [6.07, 6.45) is 3.60. The van der Waals surface area contributed by atoms with Crippen LogP contribution in [-0.4, -0.2) is 59.8 Å². The third-order valence-corrected chi connectivity index (χ3v) is 5.56. The molecule has 1 aromatic carbocycles. The number of pyridine rings is 1. The molecule has 0 radical (unpaired) electrons. The molecular weight excluding hydrogens is 406 g/mol. The lowest BCUT2D eigenvalue weighted by Gasteiger charge is -2.13. The molecule has 0 saturated carbocycles. The molecule has 0 aliphatic carbocycles. The maximum atomic E-state index is 12.2. The van der Waals surface area contributed by atoms with Gasteiger partial charge in [-0.2, -0.15) is 0 Å². The number of nitrogens with zero attached hydrogens (tertiary/aromatic N) is 2. The van der Waals surface area contributed by atoms with E-state index in [1.54, 1.807) is 20.3 Å². The van der Waals surface area contributed by atoms with Crippen molar-refractivity contribution < 1.29 is 17.9 Å². The van der Waals surface area contributed by atoms with Crippen LogP contribution in [0.2, 0.25) is 0 Å². The fourth-order valence-corrected chi connectivity index (χ4v) is 3.62. The summed E-state index contributed by atoms with van der Waals surface area (Å²) in [5.41, 5.74) is 1.10. The van der Waals surface area contributed by atoms with Crippen LogP contribution >= 0.6 is 0 Å². The van der Waals surface area contributed by atoms with Gasteiger partial charge in [0.05, 0.1) is 20.8 Å². The number of nitrogens with one attached hydrogen (secondary N) is 3. The zero-order valence-electron chi connectivity index (χ0n) is 17.5. The predicted octanol–water partition coefficient (Wildman–Crippen LogP) is 1.17. The Kier molecular flexibility index (Phi) is 9.36. The number of hydrogen-bond donors (Lipinski definition) is 3. The molecule has 0 spiro atoms. The summed E-state index contributed by atoms with van der Waals surface area (Å²) in [5, 5.41) is 6.39. The summed E-state index contributed by atoms with van der Waals surface area (Å²) in [7, 11) is -0.365. The SMILES string of the molecule is CCNC(=NCCNS(=O)(=O)c1cccnc1)NCCc1ccc(OC)c(OC)c1. The van der Waals surface area contributed by atoms with Gasteiger partial charge in [-0.05, 0) is 43.2 Å². The van der Waals surface area contributed by atoms with Crippen molar-refractivity contribution in [3.05, 3.63) is 48.3 Å². The fraction of sp³-hybridized carbons (Fsp3) is 0.400. The van der Waals surface area contributed by atoms with Crippen molar-refractivity contribution in [1.29, 1.82) is 0 Å². The molecule has 30 heavy (non-hydrogen) atoms. The van der Waals surface area contributed by atoms with Gasteiger partial charge in [-0.3, -0.25) is 9.98 Å². The van der Waals surface area contributed by atoms with Crippen LogP contribution in [0.3, 0.4) is 0 Å². The summed E-state index contributed by atoms with van der Waals surface area (Å²) in [6.45, 7) is 3.80. The van der Waals surface area contributed by atoms with Crippen molar-refractivity contribution in [2.24, 2.45) is 4.99 Å². The van der Waals surface area contributed by atoms with Crippen molar-refractivity contribution in [3.8, 4) is 11.5 Å². The zero-order valence-corrected chi connectivity index (χ0v) is 18.3. The quantitative estimate of drug-likeness (QED) is 0.276. The lowest BCUT2D eigenvalue weighted by Crippen LogP contribution is -2.39. The van der Waals surface area contributed by atoms with Crippen LogP contribution in [0.5, 0.6) is 11.5 Å². The number of methoxy groups -OCH3 is 2. The van der Waals surface area contributed by atoms with E-state index < -0.39 is 10.0 Å². The Labute approximate surface area is 178 Å². The molecule has 1 aromatic heterocycles. The van der Waals surface area contributed by atoms with E-state index in [1.807, 2.05) is 25.1 Å². The van der Waals surface area contributed by atoms with Crippen molar-refractivity contribution in [3.63, 3.8) is 0 Å². The van der Waals surface area contributed by atoms with Crippen molar-refractivity contribution in [1.82, 2.24) is 20.3 Å². The maximum absolute atomic E-state index is 12.2. The first-order chi connectivity index (χ1) is 14.5. The van der Waals surface area contributed by atoms with Crippen LogP contribution < -0.4 is 24.8 Å². The van der Waals surface area contributed by atoms with Crippen molar-refractivity contribution in [2.45, 2.75) is 18.2 Å². The Morgan fingerprint density at radius 1 is 1.10 bits per heavy atom. The summed E-state index contributed by atoms with van der Waals surface area (Å²) in [4.78, 5) is 8.37. The molecule has 0 bridgehead atoms. The van der Waals surface area contributed by atoms with Gasteiger partial charge in [0.1, 0.15) is 4.90 Å². The second-order valence-electron chi connectivity index (χ2n) is 6.21. The maximum Gasteiger partial charge on any atom is 0.242 e. The molecule has 0 aliphatic heterocycles. The first-order valence-electron chi connectivity index (χ1n) is 9.63. The average molecular weight is 436 g/mol. The monoisotopic (exact) mass is 435 g/mol. The lowest BCUT2D eigenvalue weighted by atomic mass is 10.1. The Morgan fingerprint density at radius 3 is 2.57 bits per heavy atom. The van der Waals surface area contributed by atoms with E-state index in [-0.39, 0.29) is 11.4 Å². The van der Waals surface area contributed by atoms with Gasteiger partial charge in [-0.1, -0.05) is 6.07 Å². The molecule has 0 aliphatic rings. The highest BCUT2D eigenvalue weighted by molar-refractivity contribution is 7.89. The Hall–Kier alpha value is -2.85. The Morgan fingerprint density at radius 2 is 1.90 bits per heavy atom. The molecule has 10 heteroatoms. The number of hydrogen-bond acceptors (Lipinski definition) is 6. The van der Waals surface area contributed by atoms with Gasteiger partial charge in [0.15, 0.2) is 17.5 Å². The minimum atomic E-state index is -3.58. The molecule has 0 amide bonds. The van der Waals surface area contributed by atoms with Crippen molar-refractivity contribution in [2.75, 3.05) is 40.4 Å². The topological polar surface area (TPSA) is 114 Å². The van der Waals surface area contributed by atoms with Gasteiger partial charge in [-0.25, -0.2) is 13.1 Å². The second-order valence-corrected chi connectivity index (χ2v) is 7.98. The number of aromatic nitrogens is 1. The van der Waals surface area contributed by atoms with Gasteiger partial charge in [0.2, 0.25) is 10.0 Å². The third kappa shape index (κ3) is 7.20. The standard InChI is InChI=1S/C20H29N5O4S/c1-4-22-20(23-11-9-16-7-8-18(28-2)19(14-16)29-3)24-12-13-25-30(26,27)17-6-5-10-21-15-17/h5-8,10,14-15,25H,4,9,11-13H2,1-3H3,(H2,22,23,24). The summed E-state index contributed by atoms with van der Waals surface area (Å²) >= 11 is 0. The number of guanidine groups is 1. The van der Waals surface area contributed by atoms with Crippen LogP contribution in [0.25, 0.3) is 0 Å². The number of aliphatic imine (C=N–C) groups is 1. The second kappa shape index (κ2) is 12.0. The molecule has 0 fully saturated rings. The zero-order chi connectivity index (χ0) is 21.8. The highest BCUT2D eigenvalue weighted by Gasteiger charge is 2.12. The van der Waals surface area contributed by atoms with Crippen LogP contribution in [0, 0.1) is 0 Å². The molecule has 3 N–H and O–H groups in total. The molecule has 1 heterocycles. The Balaban J connectivity index is 1.84. The van der Waals surface area contributed by atoms with E-state index >= 15 is 0 Å². The van der Waals surface area contributed by atoms with Gasteiger partial charge >= 0.3 is 0 Å². The van der Waals surface area contributed by atoms with Crippen LogP contribution in [0.15, 0.2) is 52.6 Å². The van der Waals surface area contributed by atoms with E-state index in [0.29, 0.717) is 37.1 Å². The number of benzene rings is 1. The van der Waals surface area contributed by atoms with Gasteiger partial charge in [-0.15, -0.1) is 0 Å². The molecule has 2 aromatic rings. The normalized spacial score (nSPS) is 11.8. The highest BCUT2D eigenvalue weighted by atomic mass is 32.2. The molecule has 0 unspecified atom stereocenters. The fourth-order valence-electron chi connectivity index (χ4n) is 2.64. The van der Waals surface area contributed by atoms with Crippen LogP contribution in [-0.2, 0) is 16.4 Å².